The summed E-state index contributed by atoms with van der Waals surface area (Å²) in [7, 11) is 0. The number of aromatic nitrogens is 1. The van der Waals surface area contributed by atoms with Crippen molar-refractivity contribution >= 4 is 11.3 Å². The molecule has 1 aromatic heterocycles. The van der Waals surface area contributed by atoms with E-state index in [1.807, 2.05) is 6.20 Å². The highest BCUT2D eigenvalue weighted by molar-refractivity contribution is 7.09. The van der Waals surface area contributed by atoms with Crippen molar-refractivity contribution in [2.75, 3.05) is 13.1 Å². The van der Waals surface area contributed by atoms with E-state index in [1.165, 1.54) is 37.2 Å². The maximum absolute atomic E-state index is 4.48. The summed E-state index contributed by atoms with van der Waals surface area (Å²) >= 11 is 1.79. The molecule has 1 saturated carbocycles. The van der Waals surface area contributed by atoms with Gasteiger partial charge in [-0.05, 0) is 31.6 Å². The molecule has 19 heavy (non-hydrogen) atoms. The van der Waals surface area contributed by atoms with E-state index in [4.69, 9.17) is 0 Å². The van der Waals surface area contributed by atoms with E-state index in [9.17, 15) is 0 Å². The maximum Gasteiger partial charge on any atom is 0.107 e. The zero-order valence-electron chi connectivity index (χ0n) is 12.1. The molecule has 1 aliphatic heterocycles. The monoisotopic (exact) mass is 279 g/mol. The molecule has 4 heteroatoms. The van der Waals surface area contributed by atoms with Crippen LogP contribution in [0.2, 0.25) is 0 Å². The number of hydrogen-bond acceptors (Lipinski definition) is 4. The molecule has 0 amide bonds. The standard InChI is InChI=1S/C15H25N3S/c1-3-15(4-2)11-18(10-14-16-7-8-19-14)13(9-17-15)12-5-6-12/h7-8,12-13,17H,3-6,9-11H2,1-2H3. The highest BCUT2D eigenvalue weighted by Crippen LogP contribution is 2.38. The number of thiazole rings is 1. The Bertz CT molecular complexity index is 396. The molecule has 1 aromatic rings. The Hall–Kier alpha value is -0.450. The first-order valence-corrected chi connectivity index (χ1v) is 8.52. The average molecular weight is 279 g/mol. The van der Waals surface area contributed by atoms with Gasteiger partial charge < -0.3 is 5.32 Å². The minimum atomic E-state index is 0.322. The lowest BCUT2D eigenvalue weighted by Crippen LogP contribution is -2.64. The van der Waals surface area contributed by atoms with Gasteiger partial charge in [0.05, 0.1) is 6.54 Å². The number of hydrogen-bond donors (Lipinski definition) is 1. The first-order valence-electron chi connectivity index (χ1n) is 7.64. The predicted octanol–water partition coefficient (Wildman–Crippen LogP) is 2.89. The van der Waals surface area contributed by atoms with Gasteiger partial charge in [0, 0.05) is 36.2 Å². The van der Waals surface area contributed by atoms with Crippen molar-refractivity contribution < 1.29 is 0 Å². The molecule has 0 spiro atoms. The molecule has 1 saturated heterocycles. The third-order valence-electron chi connectivity index (χ3n) is 5.00. The molecule has 2 fully saturated rings. The molecule has 3 rings (SSSR count). The average Bonchev–Trinajstić information content (AvgIpc) is 3.16. The molecule has 1 atom stereocenters. The lowest BCUT2D eigenvalue weighted by atomic mass is 9.87. The van der Waals surface area contributed by atoms with Gasteiger partial charge in [0.2, 0.25) is 0 Å². The smallest absolute Gasteiger partial charge is 0.107 e. The Labute approximate surface area is 120 Å². The summed E-state index contributed by atoms with van der Waals surface area (Å²) in [5, 5.41) is 7.22. The minimum absolute atomic E-state index is 0.322. The van der Waals surface area contributed by atoms with Crippen LogP contribution >= 0.6 is 11.3 Å². The number of rotatable bonds is 5. The van der Waals surface area contributed by atoms with Gasteiger partial charge in [-0.3, -0.25) is 4.90 Å². The second-order valence-electron chi connectivity index (χ2n) is 6.10. The molecule has 2 aliphatic rings. The van der Waals surface area contributed by atoms with Gasteiger partial charge in [-0.1, -0.05) is 13.8 Å². The molecule has 0 radical (unpaired) electrons. The van der Waals surface area contributed by atoms with E-state index in [0.717, 1.165) is 25.0 Å². The van der Waals surface area contributed by atoms with Crippen LogP contribution in [0.15, 0.2) is 11.6 Å². The van der Waals surface area contributed by atoms with Crippen LogP contribution in [0.3, 0.4) is 0 Å². The number of nitrogens with zero attached hydrogens (tertiary/aromatic N) is 2. The van der Waals surface area contributed by atoms with Gasteiger partial charge in [0.25, 0.3) is 0 Å². The molecule has 1 N–H and O–H groups in total. The second kappa shape index (κ2) is 5.51. The minimum Gasteiger partial charge on any atom is -0.308 e. The SMILES string of the molecule is CCC1(CC)CN(Cc2nccs2)C(C2CC2)CN1. The summed E-state index contributed by atoms with van der Waals surface area (Å²) in [5.41, 5.74) is 0.322. The number of nitrogens with one attached hydrogen (secondary N) is 1. The Morgan fingerprint density at radius 2 is 2.21 bits per heavy atom. The first-order chi connectivity index (χ1) is 9.26. The third-order valence-corrected chi connectivity index (χ3v) is 5.77. The zero-order chi connectivity index (χ0) is 13.3. The topological polar surface area (TPSA) is 28.2 Å². The van der Waals surface area contributed by atoms with Gasteiger partial charge in [0.15, 0.2) is 0 Å². The molecule has 1 unspecified atom stereocenters. The fourth-order valence-electron chi connectivity index (χ4n) is 3.36. The van der Waals surface area contributed by atoms with E-state index in [0.29, 0.717) is 5.54 Å². The van der Waals surface area contributed by atoms with Crippen molar-refractivity contribution in [3.8, 4) is 0 Å². The molecule has 3 nitrogen and oxygen atoms in total. The summed E-state index contributed by atoms with van der Waals surface area (Å²) in [6.07, 6.45) is 7.21. The van der Waals surface area contributed by atoms with E-state index in [1.54, 1.807) is 11.3 Å². The lowest BCUT2D eigenvalue weighted by Gasteiger charge is -2.47. The Kier molecular flexibility index (Phi) is 3.92. The molecular weight excluding hydrogens is 254 g/mol. The summed E-state index contributed by atoms with van der Waals surface area (Å²) in [5.74, 6) is 0.930. The largest absolute Gasteiger partial charge is 0.308 e. The van der Waals surface area contributed by atoms with Gasteiger partial charge >= 0.3 is 0 Å². The molecular formula is C15H25N3S. The van der Waals surface area contributed by atoms with Crippen molar-refractivity contribution in [2.45, 2.75) is 57.7 Å². The van der Waals surface area contributed by atoms with Gasteiger partial charge in [0.1, 0.15) is 5.01 Å². The predicted molar refractivity (Wildman–Crippen MR) is 80.4 cm³/mol. The fourth-order valence-corrected chi connectivity index (χ4v) is 4.00. The Balaban J connectivity index is 1.74. The first kappa shape index (κ1) is 13.5. The van der Waals surface area contributed by atoms with Crippen molar-refractivity contribution in [1.82, 2.24) is 15.2 Å². The van der Waals surface area contributed by atoms with Crippen LogP contribution in [0.4, 0.5) is 0 Å². The van der Waals surface area contributed by atoms with Gasteiger partial charge in [-0.25, -0.2) is 4.98 Å². The summed E-state index contributed by atoms with van der Waals surface area (Å²) in [6, 6.07) is 0.732. The zero-order valence-corrected chi connectivity index (χ0v) is 12.9. The van der Waals surface area contributed by atoms with Crippen LogP contribution in [0.25, 0.3) is 0 Å². The molecule has 2 heterocycles. The van der Waals surface area contributed by atoms with Crippen LogP contribution in [-0.2, 0) is 6.54 Å². The Morgan fingerprint density at radius 3 is 2.79 bits per heavy atom. The van der Waals surface area contributed by atoms with E-state index < -0.39 is 0 Å². The van der Waals surface area contributed by atoms with Crippen LogP contribution in [0.1, 0.15) is 44.5 Å². The molecule has 1 aliphatic carbocycles. The van der Waals surface area contributed by atoms with Crippen LogP contribution in [0, 0.1) is 5.92 Å². The van der Waals surface area contributed by atoms with E-state index >= 15 is 0 Å². The molecule has 0 bridgehead atoms. The third kappa shape index (κ3) is 2.86. The second-order valence-corrected chi connectivity index (χ2v) is 7.08. The fraction of sp³-hybridized carbons (Fsp3) is 0.800. The van der Waals surface area contributed by atoms with Gasteiger partial charge in [-0.15, -0.1) is 11.3 Å². The molecule has 106 valence electrons. The van der Waals surface area contributed by atoms with Crippen molar-refractivity contribution in [2.24, 2.45) is 5.92 Å². The normalized spacial score (nSPS) is 27.6. The quantitative estimate of drug-likeness (QED) is 0.898. The highest BCUT2D eigenvalue weighted by atomic mass is 32.1. The number of piperazine rings is 1. The van der Waals surface area contributed by atoms with E-state index in [-0.39, 0.29) is 0 Å². The highest BCUT2D eigenvalue weighted by Gasteiger charge is 2.43. The van der Waals surface area contributed by atoms with Crippen LogP contribution in [-0.4, -0.2) is 34.6 Å². The van der Waals surface area contributed by atoms with Crippen molar-refractivity contribution in [3.05, 3.63) is 16.6 Å². The van der Waals surface area contributed by atoms with Crippen molar-refractivity contribution in [1.29, 1.82) is 0 Å². The maximum atomic E-state index is 4.48. The summed E-state index contributed by atoms with van der Waals surface area (Å²) in [6.45, 7) is 8.02. The van der Waals surface area contributed by atoms with Crippen LogP contribution < -0.4 is 5.32 Å². The van der Waals surface area contributed by atoms with Gasteiger partial charge in [-0.2, -0.15) is 0 Å². The lowest BCUT2D eigenvalue weighted by molar-refractivity contribution is 0.0556. The molecule has 0 aromatic carbocycles. The summed E-state index contributed by atoms with van der Waals surface area (Å²) < 4.78 is 0. The summed E-state index contributed by atoms with van der Waals surface area (Å²) in [4.78, 5) is 7.19. The Morgan fingerprint density at radius 1 is 1.42 bits per heavy atom. The van der Waals surface area contributed by atoms with Crippen LogP contribution in [0.5, 0.6) is 0 Å². The van der Waals surface area contributed by atoms with Crippen molar-refractivity contribution in [3.63, 3.8) is 0 Å². The van der Waals surface area contributed by atoms with E-state index in [2.05, 4.69) is 34.4 Å².